The molecule has 1 aliphatic rings. The van der Waals surface area contributed by atoms with Gasteiger partial charge in [0.05, 0.1) is 0 Å². The number of hydrogen-bond donors (Lipinski definition) is 1. The Morgan fingerprint density at radius 1 is 1.41 bits per heavy atom. The minimum absolute atomic E-state index is 0.761. The highest BCUT2D eigenvalue weighted by Gasteiger charge is 2.17. The third-order valence-corrected chi connectivity index (χ3v) is 4.32. The minimum atomic E-state index is 0.761. The lowest BCUT2D eigenvalue weighted by atomic mass is 10.00. The van der Waals surface area contributed by atoms with Crippen LogP contribution in [-0.2, 0) is 0 Å². The number of nitrogens with zero attached hydrogens (tertiary/aromatic N) is 1. The number of alkyl halides is 1. The van der Waals surface area contributed by atoms with Crippen LogP contribution in [-0.4, -0.2) is 43.5 Å². The Morgan fingerprint density at radius 3 is 2.88 bits per heavy atom. The predicted octanol–water partition coefficient (Wildman–Crippen LogP) is 3.11. The fourth-order valence-electron chi connectivity index (χ4n) is 2.69. The summed E-state index contributed by atoms with van der Waals surface area (Å²) < 4.78 is 0. The van der Waals surface area contributed by atoms with E-state index < -0.39 is 0 Å². The molecule has 2 nitrogen and oxygen atoms in total. The van der Waals surface area contributed by atoms with Crippen molar-refractivity contribution >= 4 is 11.6 Å². The van der Waals surface area contributed by atoms with Crippen LogP contribution < -0.4 is 5.32 Å². The van der Waals surface area contributed by atoms with Crippen molar-refractivity contribution in [3.8, 4) is 0 Å². The molecule has 2 unspecified atom stereocenters. The van der Waals surface area contributed by atoms with Crippen molar-refractivity contribution < 1.29 is 0 Å². The molecule has 0 amide bonds. The van der Waals surface area contributed by atoms with E-state index >= 15 is 0 Å². The first-order valence-corrected chi connectivity index (χ1v) is 7.78. The van der Waals surface area contributed by atoms with Crippen LogP contribution in [0.5, 0.6) is 0 Å². The van der Waals surface area contributed by atoms with Crippen molar-refractivity contribution in [1.29, 1.82) is 0 Å². The smallest absolute Gasteiger partial charge is 0.0226 e. The zero-order valence-corrected chi connectivity index (χ0v) is 12.3. The molecule has 0 bridgehead atoms. The molecule has 0 radical (unpaired) electrons. The minimum Gasteiger partial charge on any atom is -0.316 e. The van der Waals surface area contributed by atoms with E-state index in [4.69, 9.17) is 11.6 Å². The zero-order valence-electron chi connectivity index (χ0n) is 11.6. The van der Waals surface area contributed by atoms with Crippen molar-refractivity contribution in [2.45, 2.75) is 51.5 Å². The Balaban J connectivity index is 2.06. The van der Waals surface area contributed by atoms with E-state index in [1.165, 1.54) is 38.6 Å². The average molecular weight is 261 g/mol. The van der Waals surface area contributed by atoms with Gasteiger partial charge in [-0.05, 0) is 58.3 Å². The van der Waals surface area contributed by atoms with Crippen molar-refractivity contribution in [2.24, 2.45) is 5.92 Å². The first kappa shape index (κ1) is 15.3. The Kier molecular flexibility index (Phi) is 8.25. The molecule has 0 aromatic rings. The van der Waals surface area contributed by atoms with E-state index in [1.54, 1.807) is 0 Å². The number of halogens is 1. The van der Waals surface area contributed by atoms with Crippen molar-refractivity contribution in [2.75, 3.05) is 32.6 Å². The molecule has 1 saturated heterocycles. The fraction of sp³-hybridized carbons (Fsp3) is 1.00. The molecule has 1 fully saturated rings. The lowest BCUT2D eigenvalue weighted by Gasteiger charge is -2.32. The molecule has 17 heavy (non-hydrogen) atoms. The van der Waals surface area contributed by atoms with Crippen molar-refractivity contribution in [3.05, 3.63) is 0 Å². The summed E-state index contributed by atoms with van der Waals surface area (Å²) in [5, 5.41) is 3.60. The summed E-state index contributed by atoms with van der Waals surface area (Å²) >= 11 is 5.79. The normalized spacial score (nSPS) is 23.8. The number of piperidine rings is 1. The summed E-state index contributed by atoms with van der Waals surface area (Å²) in [7, 11) is 2.27. The van der Waals surface area contributed by atoms with Crippen molar-refractivity contribution in [3.63, 3.8) is 0 Å². The largest absolute Gasteiger partial charge is 0.316 e. The molecule has 102 valence electrons. The van der Waals surface area contributed by atoms with Gasteiger partial charge in [-0.1, -0.05) is 19.8 Å². The van der Waals surface area contributed by atoms with E-state index in [0.29, 0.717) is 0 Å². The summed E-state index contributed by atoms with van der Waals surface area (Å²) in [5.74, 6) is 1.56. The molecule has 1 aliphatic heterocycles. The molecule has 1 N–H and O–H groups in total. The first-order valence-electron chi connectivity index (χ1n) is 7.24. The number of hydrogen-bond acceptors (Lipinski definition) is 2. The van der Waals surface area contributed by atoms with E-state index in [0.717, 1.165) is 37.4 Å². The molecule has 0 saturated carbocycles. The van der Waals surface area contributed by atoms with Gasteiger partial charge in [-0.15, -0.1) is 11.6 Å². The highest BCUT2D eigenvalue weighted by atomic mass is 35.5. The maximum absolute atomic E-state index is 5.79. The topological polar surface area (TPSA) is 15.3 Å². The molecule has 0 spiro atoms. The Hall–Kier alpha value is 0.210. The van der Waals surface area contributed by atoms with Gasteiger partial charge in [0, 0.05) is 11.9 Å². The Bertz CT molecular complexity index is 187. The lowest BCUT2D eigenvalue weighted by molar-refractivity contribution is 0.175. The highest BCUT2D eigenvalue weighted by Crippen LogP contribution is 2.17. The summed E-state index contributed by atoms with van der Waals surface area (Å²) in [4.78, 5) is 2.53. The summed E-state index contributed by atoms with van der Waals surface area (Å²) in [5.41, 5.74) is 0. The van der Waals surface area contributed by atoms with Gasteiger partial charge in [0.15, 0.2) is 0 Å². The highest BCUT2D eigenvalue weighted by molar-refractivity contribution is 6.17. The van der Waals surface area contributed by atoms with Crippen molar-refractivity contribution in [1.82, 2.24) is 10.2 Å². The molecule has 3 heteroatoms. The Labute approximate surface area is 112 Å². The molecular weight excluding hydrogens is 232 g/mol. The van der Waals surface area contributed by atoms with E-state index in [2.05, 4.69) is 24.2 Å². The van der Waals surface area contributed by atoms with Crippen LogP contribution >= 0.6 is 11.6 Å². The standard InChI is InChI=1S/C14H29ClN2/c1-3-13(7-9-15)12-16-10-8-14-6-4-5-11-17(14)2/h13-14,16H,3-12H2,1-2H3. The van der Waals surface area contributed by atoms with Gasteiger partial charge in [-0.3, -0.25) is 0 Å². The quantitative estimate of drug-likeness (QED) is 0.533. The van der Waals surface area contributed by atoms with Gasteiger partial charge in [0.1, 0.15) is 0 Å². The molecule has 0 aromatic carbocycles. The molecule has 1 heterocycles. The summed E-state index contributed by atoms with van der Waals surface area (Å²) in [6.07, 6.45) is 7.87. The molecule has 2 atom stereocenters. The molecule has 1 rings (SSSR count). The number of rotatable bonds is 8. The van der Waals surface area contributed by atoms with E-state index in [-0.39, 0.29) is 0 Å². The second kappa shape index (κ2) is 9.18. The number of likely N-dealkylation sites (tertiary alicyclic amines) is 1. The zero-order chi connectivity index (χ0) is 12.5. The maximum atomic E-state index is 5.79. The third kappa shape index (κ3) is 6.08. The lowest BCUT2D eigenvalue weighted by Crippen LogP contribution is -2.38. The molecule has 0 aromatic heterocycles. The van der Waals surface area contributed by atoms with Gasteiger partial charge in [-0.25, -0.2) is 0 Å². The van der Waals surface area contributed by atoms with Gasteiger partial charge in [-0.2, -0.15) is 0 Å². The van der Waals surface area contributed by atoms with Crippen LogP contribution in [0.3, 0.4) is 0 Å². The van der Waals surface area contributed by atoms with Crippen LogP contribution in [0.2, 0.25) is 0 Å². The van der Waals surface area contributed by atoms with Crippen LogP contribution in [0.15, 0.2) is 0 Å². The molecule has 0 aliphatic carbocycles. The second-order valence-electron chi connectivity index (χ2n) is 5.37. The predicted molar refractivity (Wildman–Crippen MR) is 76.9 cm³/mol. The number of nitrogens with one attached hydrogen (secondary N) is 1. The summed E-state index contributed by atoms with van der Waals surface area (Å²) in [6.45, 7) is 5.84. The van der Waals surface area contributed by atoms with E-state index in [1.807, 2.05) is 0 Å². The Morgan fingerprint density at radius 2 is 2.24 bits per heavy atom. The first-order chi connectivity index (χ1) is 8.27. The fourth-order valence-corrected chi connectivity index (χ4v) is 3.00. The van der Waals surface area contributed by atoms with Gasteiger partial charge >= 0.3 is 0 Å². The maximum Gasteiger partial charge on any atom is 0.0226 e. The molecular formula is C14H29ClN2. The van der Waals surface area contributed by atoms with E-state index in [9.17, 15) is 0 Å². The van der Waals surface area contributed by atoms with Gasteiger partial charge in [0.2, 0.25) is 0 Å². The second-order valence-corrected chi connectivity index (χ2v) is 5.75. The van der Waals surface area contributed by atoms with Gasteiger partial charge in [0.25, 0.3) is 0 Å². The SMILES string of the molecule is CCC(CCCl)CNCCC1CCCCN1C. The van der Waals surface area contributed by atoms with Gasteiger partial charge < -0.3 is 10.2 Å². The average Bonchev–Trinajstić information content (AvgIpc) is 2.35. The van der Waals surface area contributed by atoms with Crippen LogP contribution in [0.1, 0.15) is 45.4 Å². The van der Waals surface area contributed by atoms with Crippen LogP contribution in [0.4, 0.5) is 0 Å². The third-order valence-electron chi connectivity index (χ3n) is 4.10. The van der Waals surface area contributed by atoms with Crippen LogP contribution in [0.25, 0.3) is 0 Å². The van der Waals surface area contributed by atoms with Crippen LogP contribution in [0, 0.1) is 5.92 Å². The monoisotopic (exact) mass is 260 g/mol. The summed E-state index contributed by atoms with van der Waals surface area (Å²) in [6, 6.07) is 0.810.